The summed E-state index contributed by atoms with van der Waals surface area (Å²) >= 11 is 0. The molecular weight excluding hydrogens is 196 g/mol. The van der Waals surface area contributed by atoms with E-state index < -0.39 is 5.97 Å². The lowest BCUT2D eigenvalue weighted by Crippen LogP contribution is -2.39. The van der Waals surface area contributed by atoms with Crippen LogP contribution in [-0.4, -0.2) is 60.5 Å². The van der Waals surface area contributed by atoms with Gasteiger partial charge in [-0.25, -0.2) is 0 Å². The molecule has 0 aliphatic carbocycles. The van der Waals surface area contributed by atoms with Gasteiger partial charge in [0.25, 0.3) is 0 Å². The van der Waals surface area contributed by atoms with E-state index >= 15 is 0 Å². The van der Waals surface area contributed by atoms with Crippen molar-refractivity contribution in [3.63, 3.8) is 0 Å². The van der Waals surface area contributed by atoms with Crippen LogP contribution in [0.2, 0.25) is 0 Å². The summed E-state index contributed by atoms with van der Waals surface area (Å²) < 4.78 is 0. The van der Waals surface area contributed by atoms with Crippen molar-refractivity contribution in [3.05, 3.63) is 0 Å². The summed E-state index contributed by atoms with van der Waals surface area (Å²) in [5.41, 5.74) is 0. The highest BCUT2D eigenvalue weighted by molar-refractivity contribution is 5.82. The molecule has 0 unspecified atom stereocenters. The molecule has 0 heterocycles. The Morgan fingerprint density at radius 3 is 2.33 bits per heavy atom. The molecule has 0 rings (SSSR count). The van der Waals surface area contributed by atoms with Gasteiger partial charge in [0, 0.05) is 13.1 Å². The molecule has 5 nitrogen and oxygen atoms in total. The SMILES string of the molecule is C#CCC(=O)N(CCN(C)C)CC(=O)O. The summed E-state index contributed by atoms with van der Waals surface area (Å²) in [7, 11) is 3.70. The number of nitrogens with zero attached hydrogens (tertiary/aromatic N) is 2. The standard InChI is InChI=1S/C10H16N2O3/c1-4-5-9(13)12(8-10(14)15)7-6-11(2)3/h1H,5-8H2,2-3H3,(H,14,15). The molecule has 15 heavy (non-hydrogen) atoms. The highest BCUT2D eigenvalue weighted by atomic mass is 16.4. The fourth-order valence-electron chi connectivity index (χ4n) is 0.975. The van der Waals surface area contributed by atoms with E-state index in [0.717, 1.165) is 0 Å². The zero-order valence-electron chi connectivity index (χ0n) is 9.06. The lowest BCUT2D eigenvalue weighted by Gasteiger charge is -2.21. The van der Waals surface area contributed by atoms with Crippen molar-refractivity contribution >= 4 is 11.9 Å². The normalized spacial score (nSPS) is 9.73. The van der Waals surface area contributed by atoms with Crippen molar-refractivity contribution in [2.45, 2.75) is 6.42 Å². The molecule has 0 atom stereocenters. The minimum absolute atomic E-state index is 0.0549. The molecule has 0 radical (unpaired) electrons. The second-order valence-electron chi connectivity index (χ2n) is 3.39. The average molecular weight is 212 g/mol. The number of terminal acetylenes is 1. The lowest BCUT2D eigenvalue weighted by atomic mass is 10.3. The monoisotopic (exact) mass is 212 g/mol. The molecule has 0 bridgehead atoms. The van der Waals surface area contributed by atoms with Crippen LogP contribution in [0.5, 0.6) is 0 Å². The van der Waals surface area contributed by atoms with Gasteiger partial charge >= 0.3 is 5.97 Å². The van der Waals surface area contributed by atoms with Gasteiger partial charge in [-0.2, -0.15) is 0 Å². The number of carboxylic acid groups (broad SMARTS) is 1. The van der Waals surface area contributed by atoms with E-state index in [4.69, 9.17) is 11.5 Å². The molecule has 5 heteroatoms. The maximum absolute atomic E-state index is 11.4. The minimum Gasteiger partial charge on any atom is -0.480 e. The highest BCUT2D eigenvalue weighted by Gasteiger charge is 2.15. The topological polar surface area (TPSA) is 60.9 Å². The summed E-state index contributed by atoms with van der Waals surface area (Å²) in [6.07, 6.45) is 4.94. The lowest BCUT2D eigenvalue weighted by molar-refractivity contribution is -0.144. The van der Waals surface area contributed by atoms with Crippen LogP contribution in [0.25, 0.3) is 0 Å². The number of aliphatic carboxylic acids is 1. The van der Waals surface area contributed by atoms with Crippen LogP contribution in [0.1, 0.15) is 6.42 Å². The Bertz CT molecular complexity index is 268. The predicted octanol–water partition coefficient (Wildman–Crippen LogP) is -0.515. The summed E-state index contributed by atoms with van der Waals surface area (Å²) in [4.78, 5) is 25.0. The Morgan fingerprint density at radius 1 is 1.33 bits per heavy atom. The maximum atomic E-state index is 11.4. The first-order valence-electron chi connectivity index (χ1n) is 4.55. The Balaban J connectivity index is 4.24. The summed E-state index contributed by atoms with van der Waals surface area (Å²) in [6, 6.07) is 0. The number of rotatable bonds is 6. The zero-order valence-corrected chi connectivity index (χ0v) is 9.06. The molecular formula is C10H16N2O3. The quantitative estimate of drug-likeness (QED) is 0.602. The van der Waals surface area contributed by atoms with Crippen molar-refractivity contribution in [1.82, 2.24) is 9.80 Å². The molecule has 0 fully saturated rings. The minimum atomic E-state index is -1.03. The van der Waals surface area contributed by atoms with Crippen LogP contribution >= 0.6 is 0 Å². The molecule has 1 N–H and O–H groups in total. The summed E-state index contributed by atoms with van der Waals surface area (Å²) in [5.74, 6) is 0.865. The number of carbonyl (C=O) groups excluding carboxylic acids is 1. The van der Waals surface area contributed by atoms with Crippen molar-refractivity contribution in [2.75, 3.05) is 33.7 Å². The second kappa shape index (κ2) is 6.85. The number of hydrogen-bond donors (Lipinski definition) is 1. The summed E-state index contributed by atoms with van der Waals surface area (Å²) in [5, 5.41) is 8.61. The van der Waals surface area contributed by atoms with Crippen LogP contribution < -0.4 is 0 Å². The first-order valence-corrected chi connectivity index (χ1v) is 4.55. The van der Waals surface area contributed by atoms with Gasteiger partial charge in [-0.3, -0.25) is 9.59 Å². The van der Waals surface area contributed by atoms with E-state index in [2.05, 4.69) is 5.92 Å². The van der Waals surface area contributed by atoms with Gasteiger partial charge in [-0.1, -0.05) is 5.92 Å². The van der Waals surface area contributed by atoms with Gasteiger partial charge in [-0.05, 0) is 14.1 Å². The number of likely N-dealkylation sites (N-methyl/N-ethyl adjacent to an activating group) is 1. The van der Waals surface area contributed by atoms with Crippen molar-refractivity contribution in [1.29, 1.82) is 0 Å². The van der Waals surface area contributed by atoms with Gasteiger partial charge < -0.3 is 14.9 Å². The van der Waals surface area contributed by atoms with E-state index in [-0.39, 0.29) is 18.9 Å². The van der Waals surface area contributed by atoms with E-state index in [1.165, 1.54) is 4.90 Å². The Morgan fingerprint density at radius 2 is 1.93 bits per heavy atom. The number of carbonyl (C=O) groups is 2. The molecule has 0 aliphatic heterocycles. The van der Waals surface area contributed by atoms with Crippen molar-refractivity contribution in [3.8, 4) is 12.3 Å². The molecule has 0 aromatic carbocycles. The number of hydrogen-bond acceptors (Lipinski definition) is 3. The maximum Gasteiger partial charge on any atom is 0.323 e. The third kappa shape index (κ3) is 6.52. The molecule has 84 valence electrons. The van der Waals surface area contributed by atoms with Gasteiger partial charge in [0.1, 0.15) is 6.54 Å². The molecule has 0 saturated heterocycles. The fourth-order valence-corrected chi connectivity index (χ4v) is 0.975. The molecule has 0 aromatic rings. The van der Waals surface area contributed by atoms with Crippen LogP contribution in [0.4, 0.5) is 0 Å². The van der Waals surface area contributed by atoms with Gasteiger partial charge in [0.15, 0.2) is 0 Å². The van der Waals surface area contributed by atoms with Crippen LogP contribution in [0.15, 0.2) is 0 Å². The average Bonchev–Trinajstić information content (AvgIpc) is 2.11. The zero-order chi connectivity index (χ0) is 11.8. The highest BCUT2D eigenvalue weighted by Crippen LogP contribution is 1.94. The van der Waals surface area contributed by atoms with Crippen LogP contribution in [0, 0.1) is 12.3 Å². The second-order valence-corrected chi connectivity index (χ2v) is 3.39. The first kappa shape index (κ1) is 13.5. The van der Waals surface area contributed by atoms with E-state index in [0.29, 0.717) is 13.1 Å². The third-order valence-electron chi connectivity index (χ3n) is 1.75. The van der Waals surface area contributed by atoms with Gasteiger partial charge in [-0.15, -0.1) is 6.42 Å². The molecule has 0 aliphatic rings. The summed E-state index contributed by atoms with van der Waals surface area (Å²) in [6.45, 7) is 0.692. The van der Waals surface area contributed by atoms with Crippen molar-refractivity contribution < 1.29 is 14.7 Å². The van der Waals surface area contributed by atoms with Crippen LogP contribution in [-0.2, 0) is 9.59 Å². The number of amides is 1. The van der Waals surface area contributed by atoms with Crippen molar-refractivity contribution in [2.24, 2.45) is 0 Å². The third-order valence-corrected chi connectivity index (χ3v) is 1.75. The van der Waals surface area contributed by atoms with E-state index in [1.807, 2.05) is 19.0 Å². The van der Waals surface area contributed by atoms with Gasteiger partial charge in [0.05, 0.1) is 6.42 Å². The van der Waals surface area contributed by atoms with E-state index in [9.17, 15) is 9.59 Å². The first-order chi connectivity index (χ1) is 6.97. The number of carboxylic acids is 1. The molecule has 1 amide bonds. The van der Waals surface area contributed by atoms with E-state index in [1.54, 1.807) is 0 Å². The smallest absolute Gasteiger partial charge is 0.323 e. The Hall–Kier alpha value is -1.54. The van der Waals surface area contributed by atoms with Gasteiger partial charge in [0.2, 0.25) is 5.91 Å². The Labute approximate surface area is 89.7 Å². The molecule has 0 saturated carbocycles. The fraction of sp³-hybridized carbons (Fsp3) is 0.600. The van der Waals surface area contributed by atoms with Crippen LogP contribution in [0.3, 0.4) is 0 Å². The largest absolute Gasteiger partial charge is 0.480 e. The molecule has 0 aromatic heterocycles. The Kier molecular flexibility index (Phi) is 6.14. The molecule has 0 spiro atoms. The predicted molar refractivity (Wildman–Crippen MR) is 56.2 cm³/mol.